The number of carbonyl (C=O) groups is 1. The van der Waals surface area contributed by atoms with Gasteiger partial charge in [-0.25, -0.2) is 0 Å². The summed E-state index contributed by atoms with van der Waals surface area (Å²) in [4.78, 5) is 13.0. The Labute approximate surface area is 149 Å². The zero-order valence-electron chi connectivity index (χ0n) is 14.4. The zero-order valence-corrected chi connectivity index (χ0v) is 14.4. The topological polar surface area (TPSA) is 43.1 Å². The van der Waals surface area contributed by atoms with Gasteiger partial charge >= 0.3 is 0 Å². The lowest BCUT2D eigenvalue weighted by Gasteiger charge is -2.39. The van der Waals surface area contributed by atoms with E-state index in [-0.39, 0.29) is 11.8 Å². The van der Waals surface area contributed by atoms with E-state index in [1.165, 1.54) is 0 Å². The van der Waals surface area contributed by atoms with Crippen LogP contribution in [0, 0.1) is 0 Å². The van der Waals surface area contributed by atoms with Crippen LogP contribution in [0.5, 0.6) is 0 Å². The summed E-state index contributed by atoms with van der Waals surface area (Å²) in [7, 11) is 0. The number of nitrogens with two attached hydrogens (primary N) is 1. The fraction of sp³-hybridized carbons (Fsp3) is 0.174. The summed E-state index contributed by atoms with van der Waals surface area (Å²) in [5, 5.41) is 0. The molecule has 2 nitrogen and oxygen atoms in total. The molecule has 1 amide bonds. The maximum absolute atomic E-state index is 13.0. The van der Waals surface area contributed by atoms with Gasteiger partial charge in [-0.05, 0) is 23.1 Å². The van der Waals surface area contributed by atoms with Crippen molar-refractivity contribution in [3.63, 3.8) is 0 Å². The summed E-state index contributed by atoms with van der Waals surface area (Å²) >= 11 is 0. The highest BCUT2D eigenvalue weighted by Gasteiger charge is 2.47. The summed E-state index contributed by atoms with van der Waals surface area (Å²) < 4.78 is 0. The first-order valence-electron chi connectivity index (χ1n) is 8.67. The highest BCUT2D eigenvalue weighted by Crippen LogP contribution is 2.46. The first kappa shape index (κ1) is 17.0. The van der Waals surface area contributed by atoms with Gasteiger partial charge in [0, 0.05) is 5.92 Å². The lowest BCUT2D eigenvalue weighted by Crippen LogP contribution is -2.47. The molecule has 1 atom stereocenters. The maximum Gasteiger partial charge on any atom is 0.233 e. The van der Waals surface area contributed by atoms with Crippen LogP contribution < -0.4 is 5.73 Å². The normalized spacial score (nSPS) is 12.5. The van der Waals surface area contributed by atoms with Crippen LogP contribution in [0.2, 0.25) is 0 Å². The SMILES string of the molecule is CCC(c1ccccc1)C(C(N)=O)(c1ccccc1)c1ccccc1. The van der Waals surface area contributed by atoms with Crippen LogP contribution >= 0.6 is 0 Å². The van der Waals surface area contributed by atoms with Gasteiger partial charge in [0.15, 0.2) is 0 Å². The average Bonchev–Trinajstić information content (AvgIpc) is 2.68. The van der Waals surface area contributed by atoms with E-state index in [0.29, 0.717) is 0 Å². The van der Waals surface area contributed by atoms with Gasteiger partial charge in [-0.3, -0.25) is 4.79 Å². The minimum absolute atomic E-state index is 0.0454. The Hall–Kier alpha value is -2.87. The van der Waals surface area contributed by atoms with Crippen LogP contribution in [0.15, 0.2) is 91.0 Å². The fourth-order valence-electron chi connectivity index (χ4n) is 3.90. The molecule has 3 rings (SSSR count). The number of amides is 1. The number of carbonyl (C=O) groups excluding carboxylic acids is 1. The Kier molecular flexibility index (Phi) is 4.99. The zero-order chi connectivity index (χ0) is 17.7. The Morgan fingerprint density at radius 1 is 0.800 bits per heavy atom. The van der Waals surface area contributed by atoms with Crippen molar-refractivity contribution in [3.8, 4) is 0 Å². The number of hydrogen-bond acceptors (Lipinski definition) is 1. The first-order valence-corrected chi connectivity index (χ1v) is 8.67. The Balaban J connectivity index is 2.33. The van der Waals surface area contributed by atoms with E-state index in [9.17, 15) is 4.79 Å². The van der Waals surface area contributed by atoms with Crippen LogP contribution in [0.4, 0.5) is 0 Å². The molecule has 0 spiro atoms. The van der Waals surface area contributed by atoms with Crippen molar-refractivity contribution < 1.29 is 4.79 Å². The molecule has 126 valence electrons. The van der Waals surface area contributed by atoms with Gasteiger partial charge in [-0.1, -0.05) is 97.9 Å². The molecule has 0 aliphatic heterocycles. The smallest absolute Gasteiger partial charge is 0.233 e. The van der Waals surface area contributed by atoms with Gasteiger partial charge in [-0.2, -0.15) is 0 Å². The van der Waals surface area contributed by atoms with E-state index in [4.69, 9.17) is 5.73 Å². The predicted octanol–water partition coefficient (Wildman–Crippen LogP) is 4.65. The summed E-state index contributed by atoms with van der Waals surface area (Å²) in [6.45, 7) is 2.11. The molecule has 0 radical (unpaired) electrons. The predicted molar refractivity (Wildman–Crippen MR) is 102 cm³/mol. The fourth-order valence-corrected chi connectivity index (χ4v) is 3.90. The first-order chi connectivity index (χ1) is 12.2. The molecule has 0 fully saturated rings. The summed E-state index contributed by atoms with van der Waals surface area (Å²) in [5.74, 6) is -0.364. The summed E-state index contributed by atoms with van der Waals surface area (Å²) in [6, 6.07) is 30.0. The van der Waals surface area contributed by atoms with Gasteiger partial charge in [0.2, 0.25) is 5.91 Å². The van der Waals surface area contributed by atoms with Crippen molar-refractivity contribution in [2.24, 2.45) is 5.73 Å². The van der Waals surface area contributed by atoms with E-state index >= 15 is 0 Å². The Bertz CT molecular complexity index is 773. The van der Waals surface area contributed by atoms with Crippen LogP contribution in [-0.4, -0.2) is 5.91 Å². The summed E-state index contributed by atoms with van der Waals surface area (Å²) in [6.07, 6.45) is 0.802. The van der Waals surface area contributed by atoms with E-state index in [1.807, 2.05) is 78.9 Å². The van der Waals surface area contributed by atoms with Crippen molar-refractivity contribution in [1.82, 2.24) is 0 Å². The number of benzene rings is 3. The molecule has 2 N–H and O–H groups in total. The molecular formula is C23H23NO. The molecular weight excluding hydrogens is 306 g/mol. The van der Waals surface area contributed by atoms with Gasteiger partial charge in [0.25, 0.3) is 0 Å². The third-order valence-corrected chi connectivity index (χ3v) is 4.98. The Morgan fingerprint density at radius 2 is 1.20 bits per heavy atom. The molecule has 0 aliphatic carbocycles. The monoisotopic (exact) mass is 329 g/mol. The van der Waals surface area contributed by atoms with Crippen molar-refractivity contribution in [2.45, 2.75) is 24.7 Å². The highest BCUT2D eigenvalue weighted by atomic mass is 16.1. The van der Waals surface area contributed by atoms with Gasteiger partial charge in [-0.15, -0.1) is 0 Å². The Morgan fingerprint density at radius 3 is 1.56 bits per heavy atom. The molecule has 0 aromatic heterocycles. The van der Waals surface area contributed by atoms with Crippen molar-refractivity contribution in [1.29, 1.82) is 0 Å². The van der Waals surface area contributed by atoms with Gasteiger partial charge in [0.1, 0.15) is 5.41 Å². The third-order valence-electron chi connectivity index (χ3n) is 4.98. The second-order valence-corrected chi connectivity index (χ2v) is 6.28. The second kappa shape index (κ2) is 7.35. The van der Waals surface area contributed by atoms with Gasteiger partial charge in [0.05, 0.1) is 0 Å². The van der Waals surface area contributed by atoms with Crippen LogP contribution in [-0.2, 0) is 10.2 Å². The highest BCUT2D eigenvalue weighted by molar-refractivity contribution is 5.92. The molecule has 3 aromatic carbocycles. The molecule has 25 heavy (non-hydrogen) atoms. The molecule has 0 heterocycles. The lowest BCUT2D eigenvalue weighted by molar-refractivity contribution is -0.123. The lowest BCUT2D eigenvalue weighted by atomic mass is 9.62. The van der Waals surface area contributed by atoms with Gasteiger partial charge < -0.3 is 5.73 Å². The van der Waals surface area contributed by atoms with E-state index in [2.05, 4.69) is 19.1 Å². The number of primary amides is 1. The molecule has 3 aromatic rings. The molecule has 2 heteroatoms. The van der Waals surface area contributed by atoms with E-state index in [1.54, 1.807) is 0 Å². The van der Waals surface area contributed by atoms with Crippen molar-refractivity contribution in [2.75, 3.05) is 0 Å². The standard InChI is InChI=1S/C23H23NO/c1-2-21(18-12-6-3-7-13-18)23(22(24)25,19-14-8-4-9-15-19)20-16-10-5-11-17-20/h3-17,21H,2H2,1H3,(H2,24,25). The molecule has 0 saturated carbocycles. The van der Waals surface area contributed by atoms with E-state index < -0.39 is 5.41 Å². The van der Waals surface area contributed by atoms with Crippen LogP contribution in [0.3, 0.4) is 0 Å². The maximum atomic E-state index is 13.0. The molecule has 0 aliphatic rings. The van der Waals surface area contributed by atoms with Crippen LogP contribution in [0.25, 0.3) is 0 Å². The third kappa shape index (κ3) is 2.96. The minimum atomic E-state index is -0.904. The quantitative estimate of drug-likeness (QED) is 0.702. The van der Waals surface area contributed by atoms with Crippen LogP contribution in [0.1, 0.15) is 36.0 Å². The number of rotatable bonds is 6. The molecule has 0 saturated heterocycles. The van der Waals surface area contributed by atoms with Crippen molar-refractivity contribution >= 4 is 5.91 Å². The minimum Gasteiger partial charge on any atom is -0.369 e. The molecule has 1 unspecified atom stereocenters. The number of hydrogen-bond donors (Lipinski definition) is 1. The van der Waals surface area contributed by atoms with E-state index in [0.717, 1.165) is 23.1 Å². The average molecular weight is 329 g/mol. The molecule has 0 bridgehead atoms. The van der Waals surface area contributed by atoms with Crippen molar-refractivity contribution in [3.05, 3.63) is 108 Å². The largest absolute Gasteiger partial charge is 0.369 e. The summed E-state index contributed by atoms with van der Waals surface area (Å²) in [5.41, 5.74) is 8.20. The second-order valence-electron chi connectivity index (χ2n) is 6.28.